The predicted molar refractivity (Wildman–Crippen MR) is 66.2 cm³/mol. The average Bonchev–Trinajstić information content (AvgIpc) is 2.41. The normalized spacial score (nSPS) is 23.1. The molecule has 6 nitrogen and oxygen atoms in total. The highest BCUT2D eigenvalue weighted by Crippen LogP contribution is 2.25. The lowest BCUT2D eigenvalue weighted by Gasteiger charge is -2.37. The maximum Gasteiger partial charge on any atom is 0.471 e. The first-order valence-electron chi connectivity index (χ1n) is 6.75. The molecule has 0 aromatic heterocycles. The van der Waals surface area contributed by atoms with Crippen LogP contribution in [0.3, 0.4) is 0 Å². The SMILES string of the molecule is CCCCON[C@@H]1CC[C@@H](C(=O)O)N(C(=O)C(F)(F)F)C1. The van der Waals surface area contributed by atoms with Crippen LogP contribution in [0, 0.1) is 0 Å². The van der Waals surface area contributed by atoms with Crippen molar-refractivity contribution in [3.63, 3.8) is 0 Å². The summed E-state index contributed by atoms with van der Waals surface area (Å²) in [5.74, 6) is -3.56. The molecule has 2 atom stereocenters. The third-order valence-electron chi connectivity index (χ3n) is 3.22. The van der Waals surface area contributed by atoms with E-state index in [0.29, 0.717) is 17.9 Å². The second-order valence-corrected chi connectivity index (χ2v) is 4.90. The van der Waals surface area contributed by atoms with Crippen molar-refractivity contribution in [2.75, 3.05) is 13.2 Å². The van der Waals surface area contributed by atoms with E-state index < -0.39 is 30.1 Å². The molecule has 0 aliphatic carbocycles. The van der Waals surface area contributed by atoms with Crippen molar-refractivity contribution < 1.29 is 32.7 Å². The van der Waals surface area contributed by atoms with Crippen LogP contribution in [0.4, 0.5) is 13.2 Å². The van der Waals surface area contributed by atoms with Gasteiger partial charge in [-0.25, -0.2) is 4.79 Å². The number of nitrogens with one attached hydrogen (secondary N) is 1. The monoisotopic (exact) mass is 312 g/mol. The second kappa shape index (κ2) is 7.60. The number of carbonyl (C=O) groups is 2. The zero-order chi connectivity index (χ0) is 16.0. The van der Waals surface area contributed by atoms with Gasteiger partial charge in [0.25, 0.3) is 0 Å². The van der Waals surface area contributed by atoms with E-state index in [2.05, 4.69) is 5.48 Å². The summed E-state index contributed by atoms with van der Waals surface area (Å²) in [6.45, 7) is 2.02. The molecule has 1 aliphatic rings. The predicted octanol–water partition coefficient (Wildman–Crippen LogP) is 1.31. The smallest absolute Gasteiger partial charge is 0.471 e. The summed E-state index contributed by atoms with van der Waals surface area (Å²) in [5.41, 5.74) is 2.60. The van der Waals surface area contributed by atoms with Crippen LogP contribution in [0.15, 0.2) is 0 Å². The molecule has 9 heteroatoms. The molecule has 1 amide bonds. The lowest BCUT2D eigenvalue weighted by molar-refractivity contribution is -0.192. The number of piperidine rings is 1. The zero-order valence-electron chi connectivity index (χ0n) is 11.7. The van der Waals surface area contributed by atoms with Crippen LogP contribution in [0.1, 0.15) is 32.6 Å². The summed E-state index contributed by atoms with van der Waals surface area (Å²) in [4.78, 5) is 27.8. The molecule has 122 valence electrons. The lowest BCUT2D eigenvalue weighted by atomic mass is 9.98. The maximum absolute atomic E-state index is 12.5. The standard InChI is InChI=1S/C12H19F3N2O4/c1-2-3-6-21-16-8-4-5-9(10(18)19)17(7-8)11(20)12(13,14)15/h8-9,16H,2-7H2,1H3,(H,18,19)/t8-,9+/m1/s1. The zero-order valence-corrected chi connectivity index (χ0v) is 11.7. The van der Waals surface area contributed by atoms with Crippen molar-refractivity contribution in [1.82, 2.24) is 10.4 Å². The number of aliphatic carboxylic acids is 1. The van der Waals surface area contributed by atoms with E-state index in [1.54, 1.807) is 0 Å². The van der Waals surface area contributed by atoms with E-state index >= 15 is 0 Å². The fraction of sp³-hybridized carbons (Fsp3) is 0.833. The molecule has 0 aromatic rings. The van der Waals surface area contributed by atoms with Gasteiger partial charge in [-0.3, -0.25) is 4.79 Å². The van der Waals surface area contributed by atoms with Crippen molar-refractivity contribution >= 4 is 11.9 Å². The minimum atomic E-state index is -5.08. The highest BCUT2D eigenvalue weighted by atomic mass is 19.4. The average molecular weight is 312 g/mol. The van der Waals surface area contributed by atoms with Crippen LogP contribution in [-0.2, 0) is 14.4 Å². The van der Waals surface area contributed by atoms with Crippen LogP contribution >= 0.6 is 0 Å². The summed E-state index contributed by atoms with van der Waals surface area (Å²) < 4.78 is 37.5. The third-order valence-corrected chi connectivity index (χ3v) is 3.22. The molecular weight excluding hydrogens is 293 g/mol. The van der Waals surface area contributed by atoms with Gasteiger partial charge in [-0.15, -0.1) is 0 Å². The first kappa shape index (κ1) is 17.7. The fourth-order valence-electron chi connectivity index (χ4n) is 2.10. The summed E-state index contributed by atoms with van der Waals surface area (Å²) in [5, 5.41) is 8.94. The summed E-state index contributed by atoms with van der Waals surface area (Å²) in [6.07, 6.45) is -3.11. The molecule has 0 radical (unpaired) electrons. The number of unbranched alkanes of at least 4 members (excludes halogenated alkanes) is 1. The molecule has 1 heterocycles. The number of carbonyl (C=O) groups excluding carboxylic acids is 1. The maximum atomic E-state index is 12.5. The van der Waals surface area contributed by atoms with Gasteiger partial charge in [0.2, 0.25) is 0 Å². The Balaban J connectivity index is 2.65. The van der Waals surface area contributed by atoms with E-state index in [1.807, 2.05) is 6.92 Å². The second-order valence-electron chi connectivity index (χ2n) is 4.90. The number of amides is 1. The van der Waals surface area contributed by atoms with Crippen molar-refractivity contribution in [2.45, 2.75) is 50.9 Å². The molecule has 1 saturated heterocycles. The van der Waals surface area contributed by atoms with E-state index in [9.17, 15) is 22.8 Å². The Hall–Kier alpha value is -1.35. The fourth-order valence-corrected chi connectivity index (χ4v) is 2.10. The van der Waals surface area contributed by atoms with E-state index in [0.717, 1.165) is 12.8 Å². The number of carboxylic acid groups (broad SMARTS) is 1. The molecule has 0 bridgehead atoms. The van der Waals surface area contributed by atoms with E-state index in [4.69, 9.17) is 9.94 Å². The Labute approximate surface area is 120 Å². The topological polar surface area (TPSA) is 78.9 Å². The number of rotatable bonds is 6. The van der Waals surface area contributed by atoms with Gasteiger partial charge < -0.3 is 14.8 Å². The van der Waals surface area contributed by atoms with Gasteiger partial charge in [0.15, 0.2) is 0 Å². The minimum absolute atomic E-state index is 0.0496. The van der Waals surface area contributed by atoms with Gasteiger partial charge in [0.05, 0.1) is 6.61 Å². The van der Waals surface area contributed by atoms with Gasteiger partial charge in [0, 0.05) is 12.6 Å². The Bertz CT molecular complexity index is 376. The largest absolute Gasteiger partial charge is 0.480 e. The summed E-state index contributed by atoms with van der Waals surface area (Å²) >= 11 is 0. The molecule has 0 saturated carbocycles. The third kappa shape index (κ3) is 5.16. The highest BCUT2D eigenvalue weighted by Gasteiger charge is 2.48. The van der Waals surface area contributed by atoms with Crippen LogP contribution < -0.4 is 5.48 Å². The number of halogens is 3. The van der Waals surface area contributed by atoms with Crippen molar-refractivity contribution in [1.29, 1.82) is 0 Å². The molecule has 0 aromatic carbocycles. The molecule has 1 fully saturated rings. The van der Waals surface area contributed by atoms with Crippen LogP contribution in [0.2, 0.25) is 0 Å². The van der Waals surface area contributed by atoms with Gasteiger partial charge in [-0.1, -0.05) is 13.3 Å². The number of hydroxylamine groups is 1. The van der Waals surface area contributed by atoms with Crippen molar-refractivity contribution in [3.05, 3.63) is 0 Å². The van der Waals surface area contributed by atoms with Gasteiger partial charge in [-0.05, 0) is 19.3 Å². The quantitative estimate of drug-likeness (QED) is 0.571. The lowest BCUT2D eigenvalue weighted by Crippen LogP contribution is -2.58. The van der Waals surface area contributed by atoms with E-state index in [-0.39, 0.29) is 13.0 Å². The molecular formula is C12H19F3N2O4. The number of hydrogen-bond donors (Lipinski definition) is 2. The molecule has 2 N–H and O–H groups in total. The number of hydrogen-bond acceptors (Lipinski definition) is 4. The Morgan fingerprint density at radius 3 is 2.57 bits per heavy atom. The summed E-state index contributed by atoms with van der Waals surface area (Å²) in [6, 6.07) is -1.96. The summed E-state index contributed by atoms with van der Waals surface area (Å²) in [7, 11) is 0. The molecule has 0 spiro atoms. The Morgan fingerprint density at radius 1 is 1.38 bits per heavy atom. The van der Waals surface area contributed by atoms with Crippen molar-refractivity contribution in [3.8, 4) is 0 Å². The minimum Gasteiger partial charge on any atom is -0.480 e. The molecule has 21 heavy (non-hydrogen) atoms. The van der Waals surface area contributed by atoms with Crippen LogP contribution in [0.25, 0.3) is 0 Å². The number of carboxylic acids is 1. The highest BCUT2D eigenvalue weighted by molar-refractivity contribution is 5.87. The first-order chi connectivity index (χ1) is 9.77. The number of nitrogens with zero attached hydrogens (tertiary/aromatic N) is 1. The van der Waals surface area contributed by atoms with E-state index in [1.165, 1.54) is 0 Å². The van der Waals surface area contributed by atoms with Crippen LogP contribution in [-0.4, -0.2) is 53.3 Å². The number of alkyl halides is 3. The number of likely N-dealkylation sites (tertiary alicyclic amines) is 1. The Kier molecular flexibility index (Phi) is 6.41. The molecule has 1 rings (SSSR count). The van der Waals surface area contributed by atoms with Gasteiger partial charge in [0.1, 0.15) is 6.04 Å². The van der Waals surface area contributed by atoms with Gasteiger partial charge >= 0.3 is 18.1 Å². The van der Waals surface area contributed by atoms with Gasteiger partial charge in [-0.2, -0.15) is 18.7 Å². The van der Waals surface area contributed by atoms with Crippen molar-refractivity contribution in [2.24, 2.45) is 0 Å². The van der Waals surface area contributed by atoms with Crippen LogP contribution in [0.5, 0.6) is 0 Å². The first-order valence-corrected chi connectivity index (χ1v) is 6.75. The molecule has 0 unspecified atom stereocenters. The molecule has 1 aliphatic heterocycles. The Morgan fingerprint density at radius 2 is 2.05 bits per heavy atom.